The van der Waals surface area contributed by atoms with E-state index in [1.165, 1.54) is 32.1 Å². The number of carbonyl (C=O) groups is 1. The molecule has 3 unspecified atom stereocenters. The molecule has 0 aromatic rings. The summed E-state index contributed by atoms with van der Waals surface area (Å²) >= 11 is 0. The van der Waals surface area contributed by atoms with Crippen molar-refractivity contribution in [3.05, 3.63) is 0 Å². The Morgan fingerprint density at radius 2 is 1.67 bits per heavy atom. The largest absolute Gasteiger partial charge is 0.393 e. The maximum atomic E-state index is 12.2. The van der Waals surface area contributed by atoms with Gasteiger partial charge in [-0.15, -0.1) is 0 Å². The molecule has 0 bridgehead atoms. The predicted molar refractivity (Wildman–Crippen MR) is 70.0 cm³/mol. The highest BCUT2D eigenvalue weighted by Gasteiger charge is 2.36. The zero-order valence-corrected chi connectivity index (χ0v) is 11.1. The molecule has 0 saturated heterocycles. The lowest BCUT2D eigenvalue weighted by Crippen LogP contribution is -2.49. The Kier molecular flexibility index (Phi) is 3.60. The summed E-state index contributed by atoms with van der Waals surface area (Å²) in [5, 5.41) is 12.4. The number of amides is 1. The van der Waals surface area contributed by atoms with Crippen molar-refractivity contribution in [3.8, 4) is 0 Å². The van der Waals surface area contributed by atoms with Crippen LogP contribution in [0.3, 0.4) is 0 Å². The van der Waals surface area contributed by atoms with Gasteiger partial charge in [-0.05, 0) is 43.9 Å². The molecule has 3 rings (SSSR count). The van der Waals surface area contributed by atoms with Crippen LogP contribution >= 0.6 is 0 Å². The van der Waals surface area contributed by atoms with Crippen LogP contribution in [0.25, 0.3) is 0 Å². The van der Waals surface area contributed by atoms with E-state index in [0.717, 1.165) is 37.5 Å². The molecule has 3 aliphatic carbocycles. The summed E-state index contributed by atoms with van der Waals surface area (Å²) in [6, 6.07) is 0.247. The summed E-state index contributed by atoms with van der Waals surface area (Å²) in [5.74, 6) is 2.24. The maximum absolute atomic E-state index is 12.2. The Morgan fingerprint density at radius 3 is 2.39 bits per heavy atom. The third-order valence-electron chi connectivity index (χ3n) is 5.37. The van der Waals surface area contributed by atoms with Gasteiger partial charge in [-0.2, -0.15) is 0 Å². The number of carbonyl (C=O) groups excluding carboxylic acids is 1. The van der Waals surface area contributed by atoms with Crippen molar-refractivity contribution in [1.82, 2.24) is 5.32 Å². The van der Waals surface area contributed by atoms with Crippen molar-refractivity contribution in [2.24, 2.45) is 17.8 Å². The number of nitrogens with one attached hydrogen (secondary N) is 1. The predicted octanol–water partition coefficient (Wildman–Crippen LogP) is 2.23. The summed E-state index contributed by atoms with van der Waals surface area (Å²) in [6.45, 7) is 0. The van der Waals surface area contributed by atoms with Crippen LogP contribution in [0.5, 0.6) is 0 Å². The summed E-state index contributed by atoms with van der Waals surface area (Å²) in [7, 11) is 0. The summed E-state index contributed by atoms with van der Waals surface area (Å²) < 4.78 is 0. The van der Waals surface area contributed by atoms with Crippen molar-refractivity contribution in [1.29, 1.82) is 0 Å². The molecule has 0 spiro atoms. The van der Waals surface area contributed by atoms with Crippen molar-refractivity contribution in [2.45, 2.75) is 69.9 Å². The van der Waals surface area contributed by atoms with Crippen LogP contribution in [0.1, 0.15) is 57.8 Å². The third-order valence-corrected chi connectivity index (χ3v) is 5.37. The van der Waals surface area contributed by atoms with Crippen LogP contribution < -0.4 is 5.32 Å². The van der Waals surface area contributed by atoms with E-state index < -0.39 is 0 Å². The van der Waals surface area contributed by atoms with E-state index in [0.29, 0.717) is 0 Å². The summed E-state index contributed by atoms with van der Waals surface area (Å²) in [6.07, 6.45) is 10.3. The highest BCUT2D eigenvalue weighted by Crippen LogP contribution is 2.42. The Balaban J connectivity index is 1.49. The molecule has 2 N–H and O–H groups in total. The number of rotatable bonds is 2. The number of hydrogen-bond donors (Lipinski definition) is 2. The molecular weight excluding hydrogens is 226 g/mol. The van der Waals surface area contributed by atoms with E-state index in [4.69, 9.17) is 0 Å². The van der Waals surface area contributed by atoms with Crippen molar-refractivity contribution < 1.29 is 9.90 Å². The minimum absolute atomic E-state index is 0.176. The van der Waals surface area contributed by atoms with Gasteiger partial charge >= 0.3 is 0 Å². The zero-order valence-electron chi connectivity index (χ0n) is 11.1. The van der Waals surface area contributed by atoms with Gasteiger partial charge in [-0.25, -0.2) is 0 Å². The Labute approximate surface area is 109 Å². The fourth-order valence-electron chi connectivity index (χ4n) is 4.14. The maximum Gasteiger partial charge on any atom is 0.223 e. The average molecular weight is 251 g/mol. The van der Waals surface area contributed by atoms with Gasteiger partial charge < -0.3 is 10.4 Å². The minimum Gasteiger partial charge on any atom is -0.393 e. The topological polar surface area (TPSA) is 49.3 Å². The van der Waals surface area contributed by atoms with Gasteiger partial charge in [-0.3, -0.25) is 4.79 Å². The lowest BCUT2D eigenvalue weighted by atomic mass is 9.67. The standard InChI is InChI=1S/C15H25NO2/c17-14-8-13(9-14)16-15(18)12-6-5-10-3-1-2-4-11(10)7-12/h10-14,17H,1-9H2,(H,16,18). The Hall–Kier alpha value is -0.570. The molecule has 3 fully saturated rings. The molecule has 1 amide bonds. The zero-order chi connectivity index (χ0) is 12.5. The van der Waals surface area contributed by atoms with Gasteiger partial charge in [0.25, 0.3) is 0 Å². The van der Waals surface area contributed by atoms with E-state index in [1.54, 1.807) is 0 Å². The first-order valence-corrected chi connectivity index (χ1v) is 7.71. The molecule has 0 aromatic heterocycles. The smallest absolute Gasteiger partial charge is 0.223 e. The lowest BCUT2D eigenvalue weighted by Gasteiger charge is -2.40. The van der Waals surface area contributed by atoms with E-state index in [2.05, 4.69) is 5.32 Å². The van der Waals surface area contributed by atoms with Gasteiger partial charge in [-0.1, -0.05) is 25.7 Å². The first-order valence-electron chi connectivity index (χ1n) is 7.71. The molecular formula is C15H25NO2. The number of hydrogen-bond acceptors (Lipinski definition) is 2. The number of fused-ring (bicyclic) bond motifs is 1. The highest BCUT2D eigenvalue weighted by atomic mass is 16.3. The highest BCUT2D eigenvalue weighted by molar-refractivity contribution is 5.79. The van der Waals surface area contributed by atoms with Gasteiger partial charge in [0.05, 0.1) is 6.10 Å². The Bertz CT molecular complexity index is 312. The molecule has 18 heavy (non-hydrogen) atoms. The van der Waals surface area contributed by atoms with Crippen molar-refractivity contribution in [2.75, 3.05) is 0 Å². The summed E-state index contributed by atoms with van der Waals surface area (Å²) in [4.78, 5) is 12.2. The quantitative estimate of drug-likeness (QED) is 0.790. The Morgan fingerprint density at radius 1 is 0.944 bits per heavy atom. The normalized spacial score (nSPS) is 43.7. The second-order valence-electron chi connectivity index (χ2n) is 6.65. The van der Waals surface area contributed by atoms with E-state index in [9.17, 15) is 9.90 Å². The van der Waals surface area contributed by atoms with Crippen molar-refractivity contribution >= 4 is 5.91 Å². The minimum atomic E-state index is -0.176. The molecule has 0 aliphatic heterocycles. The van der Waals surface area contributed by atoms with E-state index in [1.807, 2.05) is 0 Å². The molecule has 3 aliphatic rings. The first-order chi connectivity index (χ1) is 8.72. The molecule has 0 aromatic carbocycles. The van der Waals surface area contributed by atoms with Gasteiger partial charge in [0, 0.05) is 12.0 Å². The van der Waals surface area contributed by atoms with Crippen molar-refractivity contribution in [3.63, 3.8) is 0 Å². The fourth-order valence-corrected chi connectivity index (χ4v) is 4.14. The fraction of sp³-hybridized carbons (Fsp3) is 0.933. The molecule has 3 nitrogen and oxygen atoms in total. The lowest BCUT2D eigenvalue weighted by molar-refractivity contribution is -0.129. The molecule has 0 heterocycles. The average Bonchev–Trinajstić information content (AvgIpc) is 2.36. The monoisotopic (exact) mass is 251 g/mol. The molecule has 3 atom stereocenters. The SMILES string of the molecule is O=C(NC1CC(O)C1)C1CCC2CCCCC2C1. The summed E-state index contributed by atoms with van der Waals surface area (Å²) in [5.41, 5.74) is 0. The molecule has 3 saturated carbocycles. The van der Waals surface area contributed by atoms with E-state index in [-0.39, 0.29) is 24.0 Å². The molecule has 3 heteroatoms. The van der Waals surface area contributed by atoms with Crippen LogP contribution in [-0.4, -0.2) is 23.2 Å². The van der Waals surface area contributed by atoms with Crippen LogP contribution in [0.15, 0.2) is 0 Å². The third kappa shape index (κ3) is 2.56. The van der Waals surface area contributed by atoms with Gasteiger partial charge in [0.2, 0.25) is 5.91 Å². The number of aliphatic hydroxyl groups excluding tert-OH is 1. The van der Waals surface area contributed by atoms with Gasteiger partial charge in [0.15, 0.2) is 0 Å². The molecule has 0 radical (unpaired) electrons. The second-order valence-corrected chi connectivity index (χ2v) is 6.65. The van der Waals surface area contributed by atoms with Crippen LogP contribution in [-0.2, 0) is 4.79 Å². The first kappa shape index (κ1) is 12.5. The van der Waals surface area contributed by atoms with Crippen LogP contribution in [0.2, 0.25) is 0 Å². The second kappa shape index (κ2) is 5.20. The van der Waals surface area contributed by atoms with Gasteiger partial charge in [0.1, 0.15) is 0 Å². The molecule has 102 valence electrons. The van der Waals surface area contributed by atoms with Crippen LogP contribution in [0, 0.1) is 17.8 Å². The van der Waals surface area contributed by atoms with Crippen LogP contribution in [0.4, 0.5) is 0 Å². The van der Waals surface area contributed by atoms with E-state index >= 15 is 0 Å². The number of aliphatic hydroxyl groups is 1.